The third-order valence-corrected chi connectivity index (χ3v) is 2.92. The summed E-state index contributed by atoms with van der Waals surface area (Å²) in [6, 6.07) is 6.61. The van der Waals surface area contributed by atoms with Gasteiger partial charge in [0.15, 0.2) is 11.5 Å². The minimum atomic E-state index is -0.768. The number of benzene rings is 1. The Labute approximate surface area is 122 Å². The van der Waals surface area contributed by atoms with Crippen LogP contribution in [0, 0.1) is 5.92 Å². The van der Waals surface area contributed by atoms with Crippen LogP contribution in [0.2, 0.25) is 0 Å². The van der Waals surface area contributed by atoms with Crippen molar-refractivity contribution in [2.45, 2.75) is 20.8 Å². The molecule has 0 radical (unpaired) electrons. The molecule has 1 aliphatic rings. The van der Waals surface area contributed by atoms with Gasteiger partial charge in [-0.05, 0) is 18.9 Å². The fourth-order valence-electron chi connectivity index (χ4n) is 1.96. The van der Waals surface area contributed by atoms with Gasteiger partial charge in [0, 0.05) is 5.56 Å². The molecule has 0 spiro atoms. The molecule has 0 aromatic heterocycles. The van der Waals surface area contributed by atoms with Crippen molar-refractivity contribution in [1.29, 1.82) is 0 Å². The Morgan fingerprint density at radius 1 is 1.19 bits per heavy atom. The monoisotopic (exact) mass is 288 g/mol. The number of Topliss-reactive ketones (excluding diaryl/α,β-unsaturated/α-hetero) is 1. The van der Waals surface area contributed by atoms with Gasteiger partial charge >= 0.3 is 11.9 Å². The molecule has 110 valence electrons. The lowest BCUT2D eigenvalue weighted by Gasteiger charge is -2.10. The van der Waals surface area contributed by atoms with E-state index in [-0.39, 0.29) is 23.9 Å². The molecule has 2 rings (SSSR count). The number of carbonyl (C=O) groups excluding carboxylic acids is 3. The standard InChI is InChI=1S/C16H16O5/c1-9(2)8-20-16(19)13(10(3)17)14-11-6-4-5-7-12(11)15(18)21-14/h4-7,9H,8H2,1-3H3/b14-13+. The molecule has 1 aromatic rings. The van der Waals surface area contributed by atoms with Gasteiger partial charge in [0.05, 0.1) is 12.2 Å². The van der Waals surface area contributed by atoms with Crippen LogP contribution < -0.4 is 0 Å². The zero-order valence-electron chi connectivity index (χ0n) is 12.1. The average molecular weight is 288 g/mol. The Bertz CT molecular complexity index is 640. The summed E-state index contributed by atoms with van der Waals surface area (Å²) >= 11 is 0. The van der Waals surface area contributed by atoms with E-state index in [0.717, 1.165) is 0 Å². The van der Waals surface area contributed by atoms with Crippen molar-refractivity contribution in [3.05, 3.63) is 41.0 Å². The van der Waals surface area contributed by atoms with Crippen LogP contribution in [0.1, 0.15) is 36.7 Å². The van der Waals surface area contributed by atoms with E-state index in [2.05, 4.69) is 0 Å². The number of hydrogen-bond donors (Lipinski definition) is 0. The first-order valence-electron chi connectivity index (χ1n) is 6.65. The molecule has 0 saturated heterocycles. The maximum Gasteiger partial charge on any atom is 0.345 e. The van der Waals surface area contributed by atoms with E-state index >= 15 is 0 Å². The number of ether oxygens (including phenoxy) is 2. The van der Waals surface area contributed by atoms with Gasteiger partial charge in [0.25, 0.3) is 0 Å². The van der Waals surface area contributed by atoms with Crippen LogP contribution in [0.25, 0.3) is 5.76 Å². The van der Waals surface area contributed by atoms with Crippen LogP contribution in [-0.2, 0) is 19.1 Å². The Balaban J connectivity index is 2.45. The first-order valence-corrected chi connectivity index (χ1v) is 6.65. The fraction of sp³-hybridized carbons (Fsp3) is 0.312. The molecule has 0 atom stereocenters. The van der Waals surface area contributed by atoms with Crippen molar-refractivity contribution < 1.29 is 23.9 Å². The Morgan fingerprint density at radius 3 is 2.38 bits per heavy atom. The maximum absolute atomic E-state index is 12.1. The highest BCUT2D eigenvalue weighted by atomic mass is 16.6. The second kappa shape index (κ2) is 5.91. The molecule has 0 fully saturated rings. The second-order valence-electron chi connectivity index (χ2n) is 5.19. The van der Waals surface area contributed by atoms with Crippen molar-refractivity contribution in [2.75, 3.05) is 6.61 Å². The minimum absolute atomic E-state index is 0.0168. The van der Waals surface area contributed by atoms with E-state index in [1.807, 2.05) is 13.8 Å². The molecule has 0 N–H and O–H groups in total. The largest absolute Gasteiger partial charge is 0.462 e. The van der Waals surface area contributed by atoms with Crippen LogP contribution >= 0.6 is 0 Å². The van der Waals surface area contributed by atoms with Gasteiger partial charge in [-0.3, -0.25) is 4.79 Å². The molecular weight excluding hydrogens is 272 g/mol. The summed E-state index contributed by atoms with van der Waals surface area (Å²) in [7, 11) is 0. The molecule has 21 heavy (non-hydrogen) atoms. The maximum atomic E-state index is 12.1. The van der Waals surface area contributed by atoms with Gasteiger partial charge in [-0.1, -0.05) is 32.0 Å². The third-order valence-electron chi connectivity index (χ3n) is 2.92. The second-order valence-corrected chi connectivity index (χ2v) is 5.19. The van der Waals surface area contributed by atoms with E-state index in [1.54, 1.807) is 24.3 Å². The number of ketones is 1. The molecule has 1 heterocycles. The normalized spacial score (nSPS) is 15.5. The van der Waals surface area contributed by atoms with Crippen LogP contribution in [0.3, 0.4) is 0 Å². The van der Waals surface area contributed by atoms with Crippen molar-refractivity contribution in [2.24, 2.45) is 5.92 Å². The van der Waals surface area contributed by atoms with Crippen LogP contribution in [-0.4, -0.2) is 24.3 Å². The summed E-state index contributed by atoms with van der Waals surface area (Å²) in [5.74, 6) is -1.71. The summed E-state index contributed by atoms with van der Waals surface area (Å²) in [6.07, 6.45) is 0. The number of hydrogen-bond acceptors (Lipinski definition) is 5. The number of esters is 2. The third kappa shape index (κ3) is 3.02. The van der Waals surface area contributed by atoms with E-state index in [0.29, 0.717) is 11.1 Å². The summed E-state index contributed by atoms with van der Waals surface area (Å²) < 4.78 is 10.2. The van der Waals surface area contributed by atoms with Gasteiger partial charge < -0.3 is 9.47 Å². The lowest BCUT2D eigenvalue weighted by atomic mass is 10.0. The number of cyclic esters (lactones) is 1. The van der Waals surface area contributed by atoms with Crippen molar-refractivity contribution in [3.63, 3.8) is 0 Å². The molecule has 0 amide bonds. The smallest absolute Gasteiger partial charge is 0.345 e. The highest BCUT2D eigenvalue weighted by molar-refractivity contribution is 6.23. The topological polar surface area (TPSA) is 69.7 Å². The lowest BCUT2D eigenvalue weighted by molar-refractivity contribution is -0.141. The fourth-order valence-corrected chi connectivity index (χ4v) is 1.96. The van der Waals surface area contributed by atoms with Gasteiger partial charge in [-0.15, -0.1) is 0 Å². The predicted octanol–water partition coefficient (Wildman–Crippen LogP) is 2.36. The van der Waals surface area contributed by atoms with Crippen molar-refractivity contribution in [3.8, 4) is 0 Å². The Hall–Kier alpha value is -2.43. The summed E-state index contributed by atoms with van der Waals surface area (Å²) in [4.78, 5) is 35.7. The first kappa shape index (κ1) is 15.0. The molecule has 1 aromatic carbocycles. The van der Waals surface area contributed by atoms with Gasteiger partial charge in [-0.2, -0.15) is 0 Å². The zero-order chi connectivity index (χ0) is 15.6. The van der Waals surface area contributed by atoms with Crippen LogP contribution in [0.4, 0.5) is 0 Å². The number of carbonyl (C=O) groups is 3. The Kier molecular flexibility index (Phi) is 4.21. The van der Waals surface area contributed by atoms with E-state index in [1.165, 1.54) is 6.92 Å². The van der Waals surface area contributed by atoms with E-state index < -0.39 is 17.7 Å². The molecule has 5 heteroatoms. The molecule has 5 nitrogen and oxygen atoms in total. The van der Waals surface area contributed by atoms with Crippen LogP contribution in [0.15, 0.2) is 29.8 Å². The van der Waals surface area contributed by atoms with Crippen molar-refractivity contribution in [1.82, 2.24) is 0 Å². The number of rotatable bonds is 4. The summed E-state index contributed by atoms with van der Waals surface area (Å²) in [5, 5.41) is 0. The number of fused-ring (bicyclic) bond motifs is 1. The van der Waals surface area contributed by atoms with Gasteiger partial charge in [0.1, 0.15) is 5.57 Å². The minimum Gasteiger partial charge on any atom is -0.462 e. The zero-order valence-corrected chi connectivity index (χ0v) is 12.1. The Morgan fingerprint density at radius 2 is 1.81 bits per heavy atom. The van der Waals surface area contributed by atoms with Gasteiger partial charge in [0.2, 0.25) is 0 Å². The highest BCUT2D eigenvalue weighted by Gasteiger charge is 2.33. The SMILES string of the molecule is CC(=O)/C(C(=O)OCC(C)C)=C1\OC(=O)c2ccccc21. The highest BCUT2D eigenvalue weighted by Crippen LogP contribution is 2.32. The lowest BCUT2D eigenvalue weighted by Crippen LogP contribution is -2.18. The summed E-state index contributed by atoms with van der Waals surface area (Å²) in [5.41, 5.74) is 0.547. The van der Waals surface area contributed by atoms with Crippen molar-refractivity contribution >= 4 is 23.5 Å². The molecule has 0 unspecified atom stereocenters. The molecule has 1 aliphatic heterocycles. The molecular formula is C16H16O5. The average Bonchev–Trinajstić information content (AvgIpc) is 2.74. The van der Waals surface area contributed by atoms with Crippen LogP contribution in [0.5, 0.6) is 0 Å². The first-order chi connectivity index (χ1) is 9.91. The quantitative estimate of drug-likeness (QED) is 0.368. The molecule has 0 saturated carbocycles. The van der Waals surface area contributed by atoms with E-state index in [9.17, 15) is 14.4 Å². The predicted molar refractivity (Wildman–Crippen MR) is 75.3 cm³/mol. The molecule has 0 aliphatic carbocycles. The van der Waals surface area contributed by atoms with E-state index in [4.69, 9.17) is 9.47 Å². The molecule has 0 bridgehead atoms. The summed E-state index contributed by atoms with van der Waals surface area (Å²) in [6.45, 7) is 5.21. The van der Waals surface area contributed by atoms with Gasteiger partial charge in [-0.25, -0.2) is 9.59 Å².